The van der Waals surface area contributed by atoms with Crippen LogP contribution in [0, 0.1) is 18.8 Å². The Morgan fingerprint density at radius 2 is 1.48 bits per heavy atom. The smallest absolute Gasteiger partial charge is 0.118 e. The van der Waals surface area contributed by atoms with Crippen LogP contribution in [0.4, 0.5) is 0 Å². The predicted molar refractivity (Wildman–Crippen MR) is 117 cm³/mol. The first-order chi connectivity index (χ1) is 14.0. The van der Waals surface area contributed by atoms with Gasteiger partial charge >= 0.3 is 0 Å². The zero-order valence-electron chi connectivity index (χ0n) is 17.1. The minimum Gasteiger partial charge on any atom is -0.508 e. The van der Waals surface area contributed by atoms with Crippen LogP contribution in [0.2, 0.25) is 0 Å². The van der Waals surface area contributed by atoms with Crippen molar-refractivity contribution in [2.45, 2.75) is 44.6 Å². The van der Waals surface area contributed by atoms with E-state index < -0.39 is 0 Å². The number of phenols is 1. The molecule has 2 heteroatoms. The highest BCUT2D eigenvalue weighted by atomic mass is 16.3. The first-order valence-corrected chi connectivity index (χ1v) is 10.7. The van der Waals surface area contributed by atoms with E-state index in [4.69, 9.17) is 0 Å². The van der Waals surface area contributed by atoms with Gasteiger partial charge in [0.05, 0.1) is 6.10 Å². The van der Waals surface area contributed by atoms with E-state index in [-0.39, 0.29) is 17.4 Å². The second-order valence-electron chi connectivity index (χ2n) is 8.96. The Bertz CT molecular complexity index is 1020. The lowest BCUT2D eigenvalue weighted by molar-refractivity contribution is 0.0460. The van der Waals surface area contributed by atoms with Crippen LogP contribution in [0.25, 0.3) is 11.1 Å². The van der Waals surface area contributed by atoms with E-state index in [0.717, 1.165) is 24.8 Å². The zero-order valence-corrected chi connectivity index (χ0v) is 17.1. The molecule has 0 bridgehead atoms. The molecular weight excluding hydrogens is 356 g/mol. The molecule has 1 fully saturated rings. The minimum absolute atomic E-state index is 0.211. The third kappa shape index (κ3) is 2.59. The molecule has 2 aliphatic rings. The fourth-order valence-electron chi connectivity index (χ4n) is 5.93. The van der Waals surface area contributed by atoms with Crippen LogP contribution in [-0.4, -0.2) is 16.3 Å². The van der Waals surface area contributed by atoms with E-state index in [9.17, 15) is 10.2 Å². The summed E-state index contributed by atoms with van der Waals surface area (Å²) in [6.45, 7) is 4.16. The fourth-order valence-corrected chi connectivity index (χ4v) is 5.93. The van der Waals surface area contributed by atoms with E-state index in [2.05, 4.69) is 67.6 Å². The van der Waals surface area contributed by atoms with Gasteiger partial charge in [-0.05, 0) is 77.5 Å². The largest absolute Gasteiger partial charge is 0.508 e. The maximum absolute atomic E-state index is 10.4. The van der Waals surface area contributed by atoms with E-state index in [1.807, 2.05) is 13.0 Å². The fraction of sp³-hybridized carbons (Fsp3) is 0.333. The summed E-state index contributed by atoms with van der Waals surface area (Å²) in [4.78, 5) is 0. The van der Waals surface area contributed by atoms with Gasteiger partial charge in [-0.3, -0.25) is 0 Å². The van der Waals surface area contributed by atoms with E-state index in [1.165, 1.54) is 27.8 Å². The van der Waals surface area contributed by atoms with E-state index in [0.29, 0.717) is 11.7 Å². The van der Waals surface area contributed by atoms with Crippen LogP contribution in [-0.2, 0) is 5.41 Å². The lowest BCUT2D eigenvalue weighted by Gasteiger charge is -2.45. The van der Waals surface area contributed by atoms with Gasteiger partial charge in [-0.1, -0.05) is 67.6 Å². The highest BCUT2D eigenvalue weighted by Crippen LogP contribution is 2.59. The number of aliphatic hydroxyl groups is 1. The number of hydrogen-bond acceptors (Lipinski definition) is 2. The molecule has 0 aromatic heterocycles. The number of phenolic OH excluding ortho intramolecular Hbond substituents is 1. The monoisotopic (exact) mass is 384 g/mol. The third-order valence-electron chi connectivity index (χ3n) is 7.38. The summed E-state index contributed by atoms with van der Waals surface area (Å²) in [5, 5.41) is 20.6. The lowest BCUT2D eigenvalue weighted by Crippen LogP contribution is -2.41. The van der Waals surface area contributed by atoms with Crippen molar-refractivity contribution < 1.29 is 10.2 Å². The molecule has 1 saturated carbocycles. The van der Waals surface area contributed by atoms with Crippen molar-refractivity contribution in [3.8, 4) is 16.9 Å². The SMILES string of the molecule is Cc1cc(C2(C3CCC(O)C(C)C3)c3ccccc3-c3ccccc32)ccc1O. The van der Waals surface area contributed by atoms with E-state index >= 15 is 0 Å². The Balaban J connectivity index is 1.83. The molecular formula is C27H28O2. The van der Waals surface area contributed by atoms with Crippen molar-refractivity contribution in [1.82, 2.24) is 0 Å². The summed E-state index contributed by atoms with van der Waals surface area (Å²) in [6, 6.07) is 23.7. The average molecular weight is 385 g/mol. The van der Waals surface area contributed by atoms with Gasteiger partial charge in [0, 0.05) is 5.41 Å². The Morgan fingerprint density at radius 3 is 2.07 bits per heavy atom. The second kappa shape index (κ2) is 6.74. The predicted octanol–water partition coefficient (Wildman–Crippen LogP) is 5.81. The normalized spacial score (nSPS) is 24.7. The molecule has 2 aliphatic carbocycles. The van der Waals surface area contributed by atoms with E-state index in [1.54, 1.807) is 0 Å². The Hall–Kier alpha value is -2.58. The third-order valence-corrected chi connectivity index (χ3v) is 7.38. The van der Waals surface area contributed by atoms with Crippen molar-refractivity contribution in [3.05, 3.63) is 89.0 Å². The summed E-state index contributed by atoms with van der Waals surface area (Å²) < 4.78 is 0. The summed E-state index contributed by atoms with van der Waals surface area (Å²) in [7, 11) is 0. The Morgan fingerprint density at radius 1 is 0.862 bits per heavy atom. The zero-order chi connectivity index (χ0) is 20.2. The molecule has 0 saturated heterocycles. The molecule has 3 atom stereocenters. The molecule has 0 spiro atoms. The number of aromatic hydroxyl groups is 1. The van der Waals surface area contributed by atoms with Gasteiger partial charge in [0.25, 0.3) is 0 Å². The molecule has 148 valence electrons. The molecule has 3 aromatic rings. The lowest BCUT2D eigenvalue weighted by atomic mass is 9.58. The maximum atomic E-state index is 10.4. The Labute approximate surface area is 172 Å². The standard InChI is InChI=1S/C27H28O2/c1-17-15-19(11-13-25(17)28)27(20-12-14-26(29)18(2)16-20)23-9-5-3-7-21(23)22-8-4-6-10-24(22)27/h3-11,13,15,18,20,26,28-29H,12,14,16H2,1-2H3. The number of hydrogen-bond donors (Lipinski definition) is 2. The molecule has 29 heavy (non-hydrogen) atoms. The average Bonchev–Trinajstić information content (AvgIpc) is 3.04. The summed E-state index contributed by atoms with van der Waals surface area (Å²) in [5.41, 5.74) is 7.26. The molecule has 0 amide bonds. The first kappa shape index (κ1) is 18.4. The highest BCUT2D eigenvalue weighted by molar-refractivity contribution is 5.83. The van der Waals surface area contributed by atoms with Gasteiger partial charge < -0.3 is 10.2 Å². The first-order valence-electron chi connectivity index (χ1n) is 10.7. The summed E-state index contributed by atoms with van der Waals surface area (Å²) in [5.74, 6) is 1.02. The Kier molecular flexibility index (Phi) is 4.29. The molecule has 0 radical (unpaired) electrons. The second-order valence-corrected chi connectivity index (χ2v) is 8.96. The number of aryl methyl sites for hydroxylation is 1. The van der Waals surface area contributed by atoms with Gasteiger partial charge in [0.15, 0.2) is 0 Å². The quantitative estimate of drug-likeness (QED) is 0.585. The van der Waals surface area contributed by atoms with Crippen LogP contribution in [0.1, 0.15) is 48.4 Å². The van der Waals surface area contributed by atoms with Gasteiger partial charge in [-0.2, -0.15) is 0 Å². The molecule has 2 N–H and O–H groups in total. The van der Waals surface area contributed by atoms with Crippen LogP contribution in [0.5, 0.6) is 5.75 Å². The minimum atomic E-state index is -0.250. The van der Waals surface area contributed by atoms with Gasteiger partial charge in [-0.25, -0.2) is 0 Å². The van der Waals surface area contributed by atoms with Crippen molar-refractivity contribution in [2.24, 2.45) is 11.8 Å². The number of fused-ring (bicyclic) bond motifs is 3. The topological polar surface area (TPSA) is 40.5 Å². The maximum Gasteiger partial charge on any atom is 0.118 e. The number of rotatable bonds is 2. The molecule has 3 unspecified atom stereocenters. The van der Waals surface area contributed by atoms with Gasteiger partial charge in [-0.15, -0.1) is 0 Å². The molecule has 0 aliphatic heterocycles. The molecule has 2 nitrogen and oxygen atoms in total. The van der Waals surface area contributed by atoms with Crippen molar-refractivity contribution in [2.75, 3.05) is 0 Å². The van der Waals surface area contributed by atoms with Gasteiger partial charge in [0.1, 0.15) is 5.75 Å². The van der Waals surface area contributed by atoms with Crippen molar-refractivity contribution in [3.63, 3.8) is 0 Å². The molecule has 3 aromatic carbocycles. The van der Waals surface area contributed by atoms with Crippen molar-refractivity contribution >= 4 is 0 Å². The van der Waals surface area contributed by atoms with Crippen LogP contribution < -0.4 is 0 Å². The number of benzene rings is 3. The number of aliphatic hydroxyl groups excluding tert-OH is 1. The summed E-state index contributed by atoms with van der Waals surface area (Å²) >= 11 is 0. The molecule has 5 rings (SSSR count). The highest BCUT2D eigenvalue weighted by Gasteiger charge is 2.51. The summed E-state index contributed by atoms with van der Waals surface area (Å²) in [6.07, 6.45) is 2.61. The molecule has 0 heterocycles. The van der Waals surface area contributed by atoms with Crippen LogP contribution in [0.3, 0.4) is 0 Å². The van der Waals surface area contributed by atoms with Crippen LogP contribution >= 0.6 is 0 Å². The van der Waals surface area contributed by atoms with Crippen LogP contribution in [0.15, 0.2) is 66.7 Å². The van der Waals surface area contributed by atoms with Crippen molar-refractivity contribution in [1.29, 1.82) is 0 Å². The van der Waals surface area contributed by atoms with Gasteiger partial charge in [0.2, 0.25) is 0 Å².